The summed E-state index contributed by atoms with van der Waals surface area (Å²) in [4.78, 5) is 37.4. The van der Waals surface area contributed by atoms with Crippen LogP contribution < -0.4 is 10.4 Å². The number of fused-ring (bicyclic) bond motifs is 2. The molecule has 0 N–H and O–H groups in total. The molecule has 12 nitrogen and oxygen atoms in total. The van der Waals surface area contributed by atoms with Gasteiger partial charge in [0, 0.05) is 27.9 Å². The number of carbonyl (C=O) groups excluding carboxylic acids is 3. The van der Waals surface area contributed by atoms with Gasteiger partial charge in [0.05, 0.1) is 6.61 Å². The number of hydrogen-bond acceptors (Lipinski definition) is 12. The molecule has 0 aliphatic carbocycles. The first-order valence-electron chi connectivity index (χ1n) is 15.2. The molecule has 46 heavy (non-hydrogen) atoms. The van der Waals surface area contributed by atoms with Crippen molar-refractivity contribution < 1.29 is 56.7 Å². The number of carbonyl (C=O) groups is 3. The molecule has 0 radical (unpaired) electrons. The molecule has 0 aromatic heterocycles. The summed E-state index contributed by atoms with van der Waals surface area (Å²) in [6.45, 7) is 9.86. The molecule has 3 saturated heterocycles. The number of methoxy groups -OCH3 is 1. The Morgan fingerprint density at radius 2 is 1.37 bits per heavy atom. The van der Waals surface area contributed by atoms with Gasteiger partial charge in [0.1, 0.15) is 12.2 Å². The van der Waals surface area contributed by atoms with Crippen LogP contribution in [0.3, 0.4) is 0 Å². The van der Waals surface area contributed by atoms with Crippen LogP contribution in [0.2, 0.25) is 5.04 Å². The van der Waals surface area contributed by atoms with Crippen LogP contribution in [-0.2, 0) is 56.7 Å². The highest BCUT2D eigenvalue weighted by atomic mass is 28.4. The summed E-state index contributed by atoms with van der Waals surface area (Å²) in [7, 11) is -1.74. The Balaban J connectivity index is 1.65. The SMILES string of the molecule is CO[C@@H]1O[C@@]2([C@H](CO[Si](c3ccccc3)(c3ccccc3)C(C)(C)C)O[C@@H]3OCO[C@@H]32)[C@H](OC(C)=O)[C@@H](OC(C)=O)[C@H]1OC(C)=O. The molecule has 250 valence electrons. The molecule has 2 aromatic carbocycles. The van der Waals surface area contributed by atoms with Crippen LogP contribution in [0.25, 0.3) is 0 Å². The number of ether oxygens (including phenoxy) is 8. The third-order valence-electron chi connectivity index (χ3n) is 8.63. The van der Waals surface area contributed by atoms with Crippen molar-refractivity contribution in [3.8, 4) is 0 Å². The summed E-state index contributed by atoms with van der Waals surface area (Å²) in [5, 5.41) is 1.71. The van der Waals surface area contributed by atoms with Crippen molar-refractivity contribution in [1.82, 2.24) is 0 Å². The van der Waals surface area contributed by atoms with Gasteiger partial charge in [-0.05, 0) is 15.4 Å². The summed E-state index contributed by atoms with van der Waals surface area (Å²) >= 11 is 0. The van der Waals surface area contributed by atoms with Crippen LogP contribution in [0.4, 0.5) is 0 Å². The van der Waals surface area contributed by atoms with Gasteiger partial charge in [-0.15, -0.1) is 0 Å². The van der Waals surface area contributed by atoms with Gasteiger partial charge < -0.3 is 42.3 Å². The quantitative estimate of drug-likeness (QED) is 0.222. The second-order valence-electron chi connectivity index (χ2n) is 12.6. The fraction of sp³-hybridized carbons (Fsp3) is 0.545. The maximum Gasteiger partial charge on any atom is 0.303 e. The number of rotatable bonds is 9. The Morgan fingerprint density at radius 1 is 0.826 bits per heavy atom. The fourth-order valence-corrected chi connectivity index (χ4v) is 11.5. The van der Waals surface area contributed by atoms with Crippen molar-refractivity contribution in [3.05, 3.63) is 60.7 Å². The summed E-state index contributed by atoms with van der Waals surface area (Å²) in [5.41, 5.74) is -1.68. The van der Waals surface area contributed by atoms with E-state index in [-0.39, 0.29) is 18.4 Å². The van der Waals surface area contributed by atoms with Gasteiger partial charge in [-0.3, -0.25) is 14.4 Å². The van der Waals surface area contributed by atoms with Gasteiger partial charge in [0.25, 0.3) is 8.32 Å². The third kappa shape index (κ3) is 6.12. The van der Waals surface area contributed by atoms with Crippen molar-refractivity contribution in [1.29, 1.82) is 0 Å². The first-order valence-corrected chi connectivity index (χ1v) is 17.1. The monoisotopic (exact) mass is 658 g/mol. The molecule has 8 atom stereocenters. The lowest BCUT2D eigenvalue weighted by Crippen LogP contribution is -2.74. The van der Waals surface area contributed by atoms with Crippen molar-refractivity contribution in [2.45, 2.75) is 95.3 Å². The standard InChI is InChI=1S/C33H42O12Si/c1-20(34)41-26-27(42-21(2)35)30(37-7)45-33(28(26)43-22(3)36)25(44-31-29(33)38-19-39-31)18-40-46(32(4,5)6,23-14-10-8-11-15-23)24-16-12-9-13-17-24/h8-17,25-31H,18-19H2,1-7H3/t25-,26-,27+,28+,29-,30+,31-,33-/m0/s1. The third-order valence-corrected chi connectivity index (χ3v) is 13.6. The van der Waals surface area contributed by atoms with Gasteiger partial charge in [-0.25, -0.2) is 0 Å². The predicted octanol–water partition coefficient (Wildman–Crippen LogP) is 2.20. The zero-order valence-corrected chi connectivity index (χ0v) is 28.1. The first kappa shape index (κ1) is 34.2. The molecule has 0 amide bonds. The maximum absolute atomic E-state index is 12.7. The van der Waals surface area contributed by atoms with E-state index in [4.69, 9.17) is 42.3 Å². The molecule has 0 saturated carbocycles. The van der Waals surface area contributed by atoms with Crippen LogP contribution >= 0.6 is 0 Å². The molecule has 3 aliphatic rings. The van der Waals surface area contributed by atoms with E-state index in [1.807, 2.05) is 36.4 Å². The number of hydrogen-bond donors (Lipinski definition) is 0. The zero-order chi connectivity index (χ0) is 33.3. The first-order chi connectivity index (χ1) is 21.8. The molecule has 5 rings (SSSR count). The van der Waals surface area contributed by atoms with E-state index in [2.05, 4.69) is 45.0 Å². The van der Waals surface area contributed by atoms with Gasteiger partial charge in [-0.1, -0.05) is 81.4 Å². The van der Waals surface area contributed by atoms with E-state index >= 15 is 0 Å². The molecule has 3 aliphatic heterocycles. The highest BCUT2D eigenvalue weighted by Crippen LogP contribution is 2.50. The normalized spacial score (nSPS) is 30.9. The molecular weight excluding hydrogens is 616 g/mol. The molecule has 2 aromatic rings. The summed E-state index contributed by atoms with van der Waals surface area (Å²) in [6.07, 6.45) is -8.20. The summed E-state index contributed by atoms with van der Waals surface area (Å²) < 4.78 is 55.0. The van der Waals surface area contributed by atoms with E-state index in [0.717, 1.165) is 10.4 Å². The van der Waals surface area contributed by atoms with Gasteiger partial charge in [0.15, 0.2) is 43.3 Å². The Bertz CT molecular complexity index is 1340. The minimum atomic E-state index is -3.10. The summed E-state index contributed by atoms with van der Waals surface area (Å²) in [5.74, 6) is -2.08. The second kappa shape index (κ2) is 13.5. The van der Waals surface area contributed by atoms with Crippen molar-refractivity contribution >= 4 is 36.6 Å². The van der Waals surface area contributed by atoms with E-state index in [9.17, 15) is 14.4 Å². The van der Waals surface area contributed by atoms with Crippen LogP contribution in [-0.4, -0.2) is 95.4 Å². The van der Waals surface area contributed by atoms with Crippen molar-refractivity contribution in [2.75, 3.05) is 20.5 Å². The van der Waals surface area contributed by atoms with Gasteiger partial charge in [-0.2, -0.15) is 0 Å². The molecule has 3 fully saturated rings. The smallest absolute Gasteiger partial charge is 0.303 e. The van der Waals surface area contributed by atoms with Crippen LogP contribution in [0, 0.1) is 0 Å². The van der Waals surface area contributed by atoms with E-state index in [1.54, 1.807) is 0 Å². The Labute approximate surface area is 269 Å². The average molecular weight is 659 g/mol. The van der Waals surface area contributed by atoms with Crippen molar-refractivity contribution in [3.63, 3.8) is 0 Å². The fourth-order valence-electron chi connectivity index (χ4n) is 6.94. The summed E-state index contributed by atoms with van der Waals surface area (Å²) in [6, 6.07) is 20.1. The zero-order valence-electron chi connectivity index (χ0n) is 27.1. The lowest BCUT2D eigenvalue weighted by Gasteiger charge is -2.52. The molecule has 3 heterocycles. The minimum Gasteiger partial charge on any atom is -0.455 e. The molecular formula is C33H42O12Si. The number of benzene rings is 2. The van der Waals surface area contributed by atoms with Crippen LogP contribution in [0.15, 0.2) is 60.7 Å². The van der Waals surface area contributed by atoms with E-state index in [1.165, 1.54) is 27.9 Å². The Morgan fingerprint density at radius 3 is 1.87 bits per heavy atom. The highest BCUT2D eigenvalue weighted by molar-refractivity contribution is 6.99. The second-order valence-corrected chi connectivity index (χ2v) is 16.9. The maximum atomic E-state index is 12.7. The highest BCUT2D eigenvalue weighted by Gasteiger charge is 2.73. The Hall–Kier alpha value is -3.17. The largest absolute Gasteiger partial charge is 0.455 e. The van der Waals surface area contributed by atoms with Gasteiger partial charge >= 0.3 is 17.9 Å². The Kier molecular flexibility index (Phi) is 10.0. The van der Waals surface area contributed by atoms with Crippen molar-refractivity contribution in [2.24, 2.45) is 0 Å². The molecule has 0 bridgehead atoms. The minimum absolute atomic E-state index is 0.0633. The topological polar surface area (TPSA) is 134 Å². The number of esters is 3. The van der Waals surface area contributed by atoms with Crippen LogP contribution in [0.1, 0.15) is 41.5 Å². The van der Waals surface area contributed by atoms with Gasteiger partial charge in [0.2, 0.25) is 0 Å². The average Bonchev–Trinajstić information content (AvgIpc) is 3.58. The lowest BCUT2D eigenvalue weighted by molar-refractivity contribution is -0.353. The predicted molar refractivity (Wildman–Crippen MR) is 164 cm³/mol. The lowest BCUT2D eigenvalue weighted by atomic mass is 9.79. The molecule has 1 spiro atoms. The molecule has 13 heteroatoms. The van der Waals surface area contributed by atoms with E-state index < -0.39 is 74.9 Å². The van der Waals surface area contributed by atoms with Crippen LogP contribution in [0.5, 0.6) is 0 Å². The van der Waals surface area contributed by atoms with E-state index in [0.29, 0.717) is 0 Å². The molecule has 0 unspecified atom stereocenters.